The summed E-state index contributed by atoms with van der Waals surface area (Å²) in [5.41, 5.74) is 2.62. The third kappa shape index (κ3) is 3.15. The molecule has 2 heterocycles. The van der Waals surface area contributed by atoms with E-state index < -0.39 is 6.04 Å². The zero-order chi connectivity index (χ0) is 18.1. The van der Waals surface area contributed by atoms with Crippen LogP contribution in [-0.4, -0.2) is 46.8 Å². The molecule has 26 heavy (non-hydrogen) atoms. The molecule has 1 aromatic carbocycles. The molecule has 5 nitrogen and oxygen atoms in total. The first-order valence-corrected chi connectivity index (χ1v) is 10.5. The number of aryl methyl sites for hydroxylation is 1. The molecule has 0 radical (unpaired) electrons. The Morgan fingerprint density at radius 3 is 2.85 bits per heavy atom. The largest absolute Gasteiger partial charge is 0.315 e. The third-order valence-electron chi connectivity index (χ3n) is 5.92. The van der Waals surface area contributed by atoms with Crippen molar-refractivity contribution in [3.05, 3.63) is 35.4 Å². The van der Waals surface area contributed by atoms with Crippen molar-refractivity contribution in [3.8, 4) is 6.07 Å². The second kappa shape index (κ2) is 7.42. The summed E-state index contributed by atoms with van der Waals surface area (Å²) in [6.45, 7) is 0.689. The Bertz CT molecular complexity index is 760. The lowest BCUT2D eigenvalue weighted by molar-refractivity contribution is -0.138. The summed E-state index contributed by atoms with van der Waals surface area (Å²) in [5, 5.41) is 12.5. The molecular formula is C20H23N3O2S. The van der Waals surface area contributed by atoms with Gasteiger partial charge in [-0.1, -0.05) is 24.3 Å². The van der Waals surface area contributed by atoms with Gasteiger partial charge in [0, 0.05) is 17.6 Å². The van der Waals surface area contributed by atoms with Crippen LogP contribution in [0.15, 0.2) is 24.3 Å². The van der Waals surface area contributed by atoms with E-state index in [0.29, 0.717) is 24.6 Å². The van der Waals surface area contributed by atoms with E-state index in [1.807, 2.05) is 6.07 Å². The minimum absolute atomic E-state index is 0.00446. The Hall–Kier alpha value is -1.84. The molecule has 2 fully saturated rings. The Morgan fingerprint density at radius 1 is 1.23 bits per heavy atom. The lowest BCUT2D eigenvalue weighted by Gasteiger charge is -2.29. The highest BCUT2D eigenvalue weighted by atomic mass is 32.2. The van der Waals surface area contributed by atoms with Crippen molar-refractivity contribution in [2.75, 3.05) is 18.2 Å². The summed E-state index contributed by atoms with van der Waals surface area (Å²) in [4.78, 5) is 27.8. The number of carbonyl (C=O) groups is 2. The molecule has 1 N–H and O–H groups in total. The molecule has 1 amide bonds. The number of nitrogens with one attached hydrogen (secondary N) is 1. The number of Topliss-reactive ketones (excluding diaryl/α,β-unsaturated/α-hetero) is 1. The molecule has 1 aromatic rings. The van der Waals surface area contributed by atoms with E-state index in [1.165, 1.54) is 11.1 Å². The maximum Gasteiger partial charge on any atom is 0.242 e. The Balaban J connectivity index is 1.47. The molecule has 0 bridgehead atoms. The number of hydrogen-bond acceptors (Lipinski definition) is 5. The third-order valence-corrected chi connectivity index (χ3v) is 6.93. The van der Waals surface area contributed by atoms with E-state index in [-0.39, 0.29) is 29.6 Å². The highest BCUT2D eigenvalue weighted by Crippen LogP contribution is 2.32. The van der Waals surface area contributed by atoms with Crippen LogP contribution in [0.1, 0.15) is 24.0 Å². The van der Waals surface area contributed by atoms with E-state index in [9.17, 15) is 14.9 Å². The highest BCUT2D eigenvalue weighted by molar-refractivity contribution is 7.99. The minimum atomic E-state index is -0.464. The second-order valence-corrected chi connectivity index (χ2v) is 8.39. The van der Waals surface area contributed by atoms with Crippen LogP contribution in [-0.2, 0) is 22.4 Å². The van der Waals surface area contributed by atoms with Gasteiger partial charge in [-0.05, 0) is 43.4 Å². The average molecular weight is 369 g/mol. The summed E-state index contributed by atoms with van der Waals surface area (Å²) in [7, 11) is 0. The van der Waals surface area contributed by atoms with Crippen LogP contribution in [0.2, 0.25) is 0 Å². The standard InChI is InChI=1S/C20H23N3O2S/c21-10-16-11-26-12-23(16)20(25)18-17(7-8-22-18)19(24)15-6-5-13-3-1-2-4-14(13)9-15/h1-4,15-18,22H,5-9,11-12H2/t15-,16+,17?,18+/m0/s1. The number of thioether (sulfide) groups is 1. The molecule has 0 saturated carbocycles. The Morgan fingerprint density at radius 2 is 2.04 bits per heavy atom. The van der Waals surface area contributed by atoms with Crippen LogP contribution >= 0.6 is 11.8 Å². The van der Waals surface area contributed by atoms with Crippen LogP contribution in [0.5, 0.6) is 0 Å². The van der Waals surface area contributed by atoms with E-state index >= 15 is 0 Å². The fourth-order valence-corrected chi connectivity index (χ4v) is 5.55. The number of amides is 1. The van der Waals surface area contributed by atoms with Gasteiger partial charge in [0.15, 0.2) is 0 Å². The molecule has 0 spiro atoms. The van der Waals surface area contributed by atoms with Crippen LogP contribution in [0, 0.1) is 23.2 Å². The van der Waals surface area contributed by atoms with E-state index in [2.05, 4.69) is 29.6 Å². The molecule has 1 aliphatic carbocycles. The molecule has 136 valence electrons. The van der Waals surface area contributed by atoms with Crippen molar-refractivity contribution in [3.63, 3.8) is 0 Å². The number of nitriles is 1. The predicted molar refractivity (Wildman–Crippen MR) is 100 cm³/mol. The zero-order valence-corrected chi connectivity index (χ0v) is 15.5. The van der Waals surface area contributed by atoms with Crippen molar-refractivity contribution in [2.24, 2.45) is 11.8 Å². The van der Waals surface area contributed by atoms with Gasteiger partial charge < -0.3 is 10.2 Å². The lowest BCUT2D eigenvalue weighted by atomic mass is 9.77. The van der Waals surface area contributed by atoms with Gasteiger partial charge in [-0.2, -0.15) is 5.26 Å². The van der Waals surface area contributed by atoms with Crippen molar-refractivity contribution < 1.29 is 9.59 Å². The van der Waals surface area contributed by atoms with Gasteiger partial charge in [-0.3, -0.25) is 9.59 Å². The molecule has 1 unspecified atom stereocenters. The highest BCUT2D eigenvalue weighted by Gasteiger charge is 2.44. The summed E-state index contributed by atoms with van der Waals surface area (Å²) in [6.07, 6.45) is 3.30. The number of carbonyl (C=O) groups excluding carboxylic acids is 2. The molecule has 0 aromatic heterocycles. The van der Waals surface area contributed by atoms with Crippen molar-refractivity contribution in [1.29, 1.82) is 5.26 Å². The summed E-state index contributed by atoms with van der Waals surface area (Å²) >= 11 is 1.60. The normalized spacial score (nSPS) is 30.7. The van der Waals surface area contributed by atoms with Crippen LogP contribution in [0.25, 0.3) is 0 Å². The first kappa shape index (κ1) is 17.6. The number of benzene rings is 1. The fourth-order valence-electron chi connectivity index (χ4n) is 4.46. The summed E-state index contributed by atoms with van der Waals surface area (Å²) in [5.74, 6) is 1.10. The molecule has 4 atom stereocenters. The lowest BCUT2D eigenvalue weighted by Crippen LogP contribution is -2.50. The van der Waals surface area contributed by atoms with Crippen molar-refractivity contribution >= 4 is 23.5 Å². The van der Waals surface area contributed by atoms with Gasteiger partial charge in [0.05, 0.1) is 18.0 Å². The van der Waals surface area contributed by atoms with E-state index in [1.54, 1.807) is 16.7 Å². The molecule has 2 saturated heterocycles. The SMILES string of the molecule is N#C[C@@H]1CSCN1C(=O)[C@@H]1NCCC1C(=O)[C@H]1CCc2ccccc2C1. The van der Waals surface area contributed by atoms with Crippen LogP contribution in [0.3, 0.4) is 0 Å². The van der Waals surface area contributed by atoms with Gasteiger partial charge in [-0.25, -0.2) is 0 Å². The van der Waals surface area contributed by atoms with Gasteiger partial charge in [0.25, 0.3) is 0 Å². The zero-order valence-electron chi connectivity index (χ0n) is 14.7. The quantitative estimate of drug-likeness (QED) is 0.879. The number of ketones is 1. The van der Waals surface area contributed by atoms with Crippen LogP contribution in [0.4, 0.5) is 0 Å². The Kier molecular flexibility index (Phi) is 5.01. The van der Waals surface area contributed by atoms with Gasteiger partial charge >= 0.3 is 0 Å². The minimum Gasteiger partial charge on any atom is -0.315 e. The Labute approximate surface area is 158 Å². The smallest absolute Gasteiger partial charge is 0.242 e. The first-order chi connectivity index (χ1) is 12.7. The number of hydrogen-bond donors (Lipinski definition) is 1. The maximum absolute atomic E-state index is 13.2. The molecular weight excluding hydrogens is 346 g/mol. The molecule has 4 rings (SSSR count). The monoisotopic (exact) mass is 369 g/mol. The van der Waals surface area contributed by atoms with Gasteiger partial charge in [0.1, 0.15) is 11.8 Å². The van der Waals surface area contributed by atoms with E-state index in [0.717, 1.165) is 19.3 Å². The molecule has 2 aliphatic heterocycles. The van der Waals surface area contributed by atoms with Crippen molar-refractivity contribution in [2.45, 2.75) is 37.8 Å². The fraction of sp³-hybridized carbons (Fsp3) is 0.550. The number of nitrogens with zero attached hydrogens (tertiary/aromatic N) is 2. The first-order valence-electron chi connectivity index (χ1n) is 9.30. The number of rotatable bonds is 3. The van der Waals surface area contributed by atoms with Crippen LogP contribution < -0.4 is 5.32 Å². The number of fused-ring (bicyclic) bond motifs is 1. The maximum atomic E-state index is 13.2. The van der Waals surface area contributed by atoms with Crippen molar-refractivity contribution in [1.82, 2.24) is 10.2 Å². The summed E-state index contributed by atoms with van der Waals surface area (Å²) < 4.78 is 0. The predicted octanol–water partition coefficient (Wildman–Crippen LogP) is 1.76. The molecule has 6 heteroatoms. The topological polar surface area (TPSA) is 73.2 Å². The second-order valence-electron chi connectivity index (χ2n) is 7.39. The van der Waals surface area contributed by atoms with Gasteiger partial charge in [0.2, 0.25) is 5.91 Å². The van der Waals surface area contributed by atoms with Gasteiger partial charge in [-0.15, -0.1) is 11.8 Å². The van der Waals surface area contributed by atoms with E-state index in [4.69, 9.17) is 0 Å². The summed E-state index contributed by atoms with van der Waals surface area (Å²) in [6, 6.07) is 9.72. The average Bonchev–Trinajstić information content (AvgIpc) is 3.35. The molecule has 3 aliphatic rings.